The van der Waals surface area contributed by atoms with Crippen LogP contribution in [0.5, 0.6) is 0 Å². The van der Waals surface area contributed by atoms with Gasteiger partial charge in [0.05, 0.1) is 4.90 Å². The van der Waals surface area contributed by atoms with Gasteiger partial charge in [-0.25, -0.2) is 8.42 Å². The quantitative estimate of drug-likeness (QED) is 0.835. The highest BCUT2D eigenvalue weighted by Crippen LogP contribution is 2.33. The smallest absolute Gasteiger partial charge is 0.207 e. The first-order valence-corrected chi connectivity index (χ1v) is 9.17. The molecule has 3 nitrogen and oxygen atoms in total. The summed E-state index contributed by atoms with van der Waals surface area (Å²) in [5.41, 5.74) is 1.84. The molecule has 0 radical (unpaired) electrons. The molecule has 1 aliphatic heterocycles. The van der Waals surface area contributed by atoms with Gasteiger partial charge in [-0.3, -0.25) is 0 Å². The summed E-state index contributed by atoms with van der Waals surface area (Å²) in [6.45, 7) is 11.7. The van der Waals surface area contributed by atoms with Crippen LogP contribution in [0.15, 0.2) is 23.1 Å². The third kappa shape index (κ3) is 3.49. The fourth-order valence-electron chi connectivity index (χ4n) is 2.82. The Morgan fingerprint density at radius 2 is 1.71 bits per heavy atom. The van der Waals surface area contributed by atoms with E-state index in [1.165, 1.54) is 0 Å². The molecular weight excluding hydrogens is 282 g/mol. The van der Waals surface area contributed by atoms with Crippen LogP contribution in [0.2, 0.25) is 0 Å². The number of hydrogen-bond acceptors (Lipinski definition) is 2. The van der Waals surface area contributed by atoms with Crippen LogP contribution in [0.4, 0.5) is 0 Å². The van der Waals surface area contributed by atoms with Crippen molar-refractivity contribution in [2.45, 2.75) is 57.8 Å². The molecule has 1 saturated heterocycles. The number of hydrogen-bond donors (Lipinski definition) is 0. The Morgan fingerprint density at radius 1 is 1.14 bits per heavy atom. The Morgan fingerprint density at radius 3 is 2.24 bits per heavy atom. The summed E-state index contributed by atoms with van der Waals surface area (Å²) in [5.74, 6) is 0.622. The Bertz CT molecular complexity index is 606. The molecule has 1 aliphatic rings. The summed E-state index contributed by atoms with van der Waals surface area (Å²) in [5, 5.41) is 0. The van der Waals surface area contributed by atoms with Crippen LogP contribution in [-0.4, -0.2) is 25.8 Å². The fraction of sp³-hybridized carbons (Fsp3) is 0.647. The SMILES string of the molecule is Cc1ccc(S(=O)(=O)N2CCC(C)CC2)c(C(C)(C)C)c1. The summed E-state index contributed by atoms with van der Waals surface area (Å²) in [7, 11) is -3.38. The molecule has 0 amide bonds. The second kappa shape index (κ2) is 5.73. The molecule has 1 aromatic carbocycles. The van der Waals surface area contributed by atoms with E-state index in [9.17, 15) is 8.42 Å². The zero-order valence-electron chi connectivity index (χ0n) is 13.8. The van der Waals surface area contributed by atoms with Crippen molar-refractivity contribution in [1.29, 1.82) is 0 Å². The zero-order chi connectivity index (χ0) is 15.8. The van der Waals surface area contributed by atoms with Gasteiger partial charge in [0.2, 0.25) is 10.0 Å². The Labute approximate surface area is 129 Å². The summed E-state index contributed by atoms with van der Waals surface area (Å²) in [6.07, 6.45) is 1.91. The molecule has 0 unspecified atom stereocenters. The van der Waals surface area contributed by atoms with Crippen molar-refractivity contribution < 1.29 is 8.42 Å². The molecule has 2 rings (SSSR count). The number of sulfonamides is 1. The number of piperidine rings is 1. The van der Waals surface area contributed by atoms with E-state index in [4.69, 9.17) is 0 Å². The van der Waals surface area contributed by atoms with Gasteiger partial charge < -0.3 is 0 Å². The molecule has 0 atom stereocenters. The lowest BCUT2D eigenvalue weighted by molar-refractivity contribution is 0.287. The number of nitrogens with zero attached hydrogens (tertiary/aromatic N) is 1. The lowest BCUT2D eigenvalue weighted by Crippen LogP contribution is -2.38. The maximum absolute atomic E-state index is 13.0. The lowest BCUT2D eigenvalue weighted by atomic mass is 9.86. The molecule has 0 aromatic heterocycles. The molecule has 1 aromatic rings. The second-order valence-corrected chi connectivity index (χ2v) is 9.24. The van der Waals surface area contributed by atoms with E-state index in [0.717, 1.165) is 24.0 Å². The molecule has 0 aliphatic carbocycles. The van der Waals surface area contributed by atoms with Crippen molar-refractivity contribution in [2.75, 3.05) is 13.1 Å². The van der Waals surface area contributed by atoms with Crippen LogP contribution >= 0.6 is 0 Å². The molecule has 0 bridgehead atoms. The summed E-state index contributed by atoms with van der Waals surface area (Å²) in [6, 6.07) is 5.69. The van der Waals surface area contributed by atoms with Gasteiger partial charge in [0.25, 0.3) is 0 Å². The van der Waals surface area contributed by atoms with Crippen LogP contribution in [0.1, 0.15) is 51.7 Å². The highest BCUT2D eigenvalue weighted by molar-refractivity contribution is 7.89. The first-order chi connectivity index (χ1) is 9.62. The largest absolute Gasteiger partial charge is 0.243 e. The zero-order valence-corrected chi connectivity index (χ0v) is 14.6. The minimum Gasteiger partial charge on any atom is -0.207 e. The summed E-state index contributed by atoms with van der Waals surface area (Å²) < 4.78 is 27.7. The van der Waals surface area contributed by atoms with Gasteiger partial charge in [0, 0.05) is 13.1 Å². The monoisotopic (exact) mass is 309 g/mol. The second-order valence-electron chi connectivity index (χ2n) is 7.34. The lowest BCUT2D eigenvalue weighted by Gasteiger charge is -2.31. The van der Waals surface area contributed by atoms with E-state index in [1.807, 2.05) is 19.1 Å². The maximum Gasteiger partial charge on any atom is 0.243 e. The van der Waals surface area contributed by atoms with Crippen molar-refractivity contribution in [1.82, 2.24) is 4.31 Å². The van der Waals surface area contributed by atoms with Crippen LogP contribution in [-0.2, 0) is 15.4 Å². The average molecular weight is 309 g/mol. The van der Waals surface area contributed by atoms with Gasteiger partial charge in [0.1, 0.15) is 0 Å². The van der Waals surface area contributed by atoms with E-state index < -0.39 is 10.0 Å². The van der Waals surface area contributed by atoms with Gasteiger partial charge in [-0.2, -0.15) is 4.31 Å². The molecule has 1 heterocycles. The first kappa shape index (κ1) is 16.5. The number of rotatable bonds is 2. The predicted molar refractivity (Wildman–Crippen MR) is 87.0 cm³/mol. The van der Waals surface area contributed by atoms with Gasteiger partial charge in [0.15, 0.2) is 0 Å². The molecule has 118 valence electrons. The Kier molecular flexibility index (Phi) is 4.50. The third-order valence-corrected chi connectivity index (χ3v) is 6.26. The molecule has 0 N–H and O–H groups in total. The van der Waals surface area contributed by atoms with Gasteiger partial charge in [-0.15, -0.1) is 0 Å². The summed E-state index contributed by atoms with van der Waals surface area (Å²) in [4.78, 5) is 0.482. The predicted octanol–water partition coefficient (Wildman–Crippen LogP) is 3.71. The van der Waals surface area contributed by atoms with Crippen molar-refractivity contribution >= 4 is 10.0 Å². The van der Waals surface area contributed by atoms with Crippen molar-refractivity contribution in [3.05, 3.63) is 29.3 Å². The Hall–Kier alpha value is -0.870. The molecule has 0 saturated carbocycles. The standard InChI is InChI=1S/C17H27NO2S/c1-13-8-10-18(11-9-13)21(19,20)16-7-6-14(2)12-15(16)17(3,4)5/h6-7,12-13H,8-11H2,1-5H3. The fourth-order valence-corrected chi connectivity index (χ4v) is 4.67. The minimum absolute atomic E-state index is 0.183. The van der Waals surface area contributed by atoms with Crippen LogP contribution in [0.3, 0.4) is 0 Å². The van der Waals surface area contributed by atoms with Gasteiger partial charge in [-0.05, 0) is 42.7 Å². The summed E-state index contributed by atoms with van der Waals surface area (Å²) >= 11 is 0. The van der Waals surface area contributed by atoms with Crippen molar-refractivity contribution in [3.8, 4) is 0 Å². The van der Waals surface area contributed by atoms with Crippen LogP contribution in [0.25, 0.3) is 0 Å². The first-order valence-electron chi connectivity index (χ1n) is 7.73. The highest BCUT2D eigenvalue weighted by atomic mass is 32.2. The van der Waals surface area contributed by atoms with E-state index in [0.29, 0.717) is 23.9 Å². The molecule has 1 fully saturated rings. The van der Waals surface area contributed by atoms with Crippen molar-refractivity contribution in [3.63, 3.8) is 0 Å². The average Bonchev–Trinajstić information content (AvgIpc) is 2.38. The van der Waals surface area contributed by atoms with Crippen molar-refractivity contribution in [2.24, 2.45) is 5.92 Å². The van der Waals surface area contributed by atoms with E-state index in [2.05, 4.69) is 27.7 Å². The van der Waals surface area contributed by atoms with Gasteiger partial charge in [-0.1, -0.05) is 45.4 Å². The Balaban J connectivity index is 2.45. The normalized spacial score (nSPS) is 18.9. The molecule has 21 heavy (non-hydrogen) atoms. The van der Waals surface area contributed by atoms with Gasteiger partial charge >= 0.3 is 0 Å². The third-order valence-electron chi connectivity index (χ3n) is 4.30. The van der Waals surface area contributed by atoms with Crippen LogP contribution < -0.4 is 0 Å². The minimum atomic E-state index is -3.38. The van der Waals surface area contributed by atoms with E-state index >= 15 is 0 Å². The topological polar surface area (TPSA) is 37.4 Å². The van der Waals surface area contributed by atoms with E-state index in [-0.39, 0.29) is 5.41 Å². The molecule has 0 spiro atoms. The molecular formula is C17H27NO2S. The number of aryl methyl sites for hydroxylation is 1. The van der Waals surface area contributed by atoms with Crippen LogP contribution in [0, 0.1) is 12.8 Å². The van der Waals surface area contributed by atoms with E-state index in [1.54, 1.807) is 10.4 Å². The highest BCUT2D eigenvalue weighted by Gasteiger charge is 2.32. The molecule has 4 heteroatoms. The number of benzene rings is 1. The maximum atomic E-state index is 13.0.